The highest BCUT2D eigenvalue weighted by Crippen LogP contribution is 2.07. The quantitative estimate of drug-likeness (QED) is 0.837. The summed E-state index contributed by atoms with van der Waals surface area (Å²) in [6.07, 6.45) is 4.10. The number of amides is 1. The smallest absolute Gasteiger partial charge is 0.326 e. The number of hydrogen-bond acceptors (Lipinski definition) is 4. The van der Waals surface area contributed by atoms with Crippen LogP contribution in [0.3, 0.4) is 0 Å². The van der Waals surface area contributed by atoms with Crippen LogP contribution in [0.1, 0.15) is 29.4 Å². The molecule has 0 atom stereocenters. The molecule has 0 unspecified atom stereocenters. The fourth-order valence-electron chi connectivity index (χ4n) is 1.99. The van der Waals surface area contributed by atoms with Crippen molar-refractivity contribution in [3.8, 4) is 0 Å². The fourth-order valence-corrected chi connectivity index (χ4v) is 1.99. The van der Waals surface area contributed by atoms with Gasteiger partial charge < -0.3 is 9.88 Å². The number of aromatic nitrogens is 3. The maximum atomic E-state index is 12.4. The van der Waals surface area contributed by atoms with Gasteiger partial charge >= 0.3 is 5.69 Å². The normalized spacial score (nSPS) is 10.3. The Morgan fingerprint density at radius 2 is 2.14 bits per heavy atom. The number of rotatable bonds is 5. The van der Waals surface area contributed by atoms with Crippen LogP contribution in [0.4, 0.5) is 0 Å². The summed E-state index contributed by atoms with van der Waals surface area (Å²) in [5.41, 5.74) is -0.420. The molecule has 0 aliphatic heterocycles. The van der Waals surface area contributed by atoms with Crippen molar-refractivity contribution in [2.45, 2.75) is 19.9 Å². The summed E-state index contributed by atoms with van der Waals surface area (Å²) >= 11 is 0. The Balaban J connectivity index is 2.26. The van der Waals surface area contributed by atoms with Gasteiger partial charge in [-0.15, -0.1) is 0 Å². The van der Waals surface area contributed by atoms with Gasteiger partial charge in [-0.05, 0) is 18.1 Å². The predicted octanol–water partition coefficient (Wildman–Crippen LogP) is 0.511. The van der Waals surface area contributed by atoms with Crippen molar-refractivity contribution in [3.63, 3.8) is 0 Å². The van der Waals surface area contributed by atoms with Crippen molar-refractivity contribution in [2.24, 2.45) is 0 Å². The molecule has 2 N–H and O–H groups in total. The Bertz CT molecular complexity index is 692. The van der Waals surface area contributed by atoms with E-state index in [4.69, 9.17) is 0 Å². The number of nitrogens with zero attached hydrogens (tertiary/aromatic N) is 2. The van der Waals surface area contributed by atoms with E-state index >= 15 is 0 Å². The largest absolute Gasteiger partial charge is 0.333 e. The standard InChI is InChI=1S/C14H16N4O3/c1-2-6-18(9-10-4-3-5-15-8-10)13(20)11-7-12(19)17-14(21)16-11/h3-5,7-8H,2,6,9H2,1H3,(H2,16,17,19,21). The Morgan fingerprint density at radius 1 is 1.33 bits per heavy atom. The lowest BCUT2D eigenvalue weighted by atomic mass is 10.2. The van der Waals surface area contributed by atoms with Gasteiger partial charge in [-0.25, -0.2) is 4.79 Å². The molecule has 0 fully saturated rings. The van der Waals surface area contributed by atoms with Crippen molar-refractivity contribution < 1.29 is 4.79 Å². The van der Waals surface area contributed by atoms with Gasteiger partial charge in [0.15, 0.2) is 0 Å². The number of H-pyrrole nitrogens is 2. The molecule has 2 heterocycles. The van der Waals surface area contributed by atoms with E-state index in [9.17, 15) is 14.4 Å². The lowest BCUT2D eigenvalue weighted by molar-refractivity contribution is 0.0736. The number of carbonyl (C=O) groups is 1. The van der Waals surface area contributed by atoms with Gasteiger partial charge in [0.25, 0.3) is 11.5 Å². The summed E-state index contributed by atoms with van der Waals surface area (Å²) in [6, 6.07) is 4.75. The van der Waals surface area contributed by atoms with Crippen LogP contribution in [0, 0.1) is 0 Å². The average Bonchev–Trinajstić information content (AvgIpc) is 2.46. The molecule has 0 saturated heterocycles. The molecule has 0 saturated carbocycles. The number of nitrogens with one attached hydrogen (secondary N) is 2. The molecule has 2 aromatic heterocycles. The molecule has 21 heavy (non-hydrogen) atoms. The topological polar surface area (TPSA) is 98.9 Å². The van der Waals surface area contributed by atoms with E-state index in [0.29, 0.717) is 13.1 Å². The van der Waals surface area contributed by atoms with Crippen molar-refractivity contribution in [2.75, 3.05) is 6.54 Å². The van der Waals surface area contributed by atoms with Crippen LogP contribution in [-0.4, -0.2) is 32.3 Å². The molecule has 1 amide bonds. The van der Waals surface area contributed by atoms with Crippen LogP contribution in [0.25, 0.3) is 0 Å². The predicted molar refractivity (Wildman–Crippen MR) is 77.0 cm³/mol. The van der Waals surface area contributed by atoms with E-state index in [1.165, 1.54) is 0 Å². The Labute approximate surface area is 120 Å². The minimum atomic E-state index is -0.691. The molecule has 2 aromatic rings. The zero-order valence-electron chi connectivity index (χ0n) is 11.6. The summed E-state index contributed by atoms with van der Waals surface area (Å²) in [5, 5.41) is 0. The third kappa shape index (κ3) is 3.88. The SMILES string of the molecule is CCCN(Cc1cccnc1)C(=O)c1cc(=O)[nH]c(=O)[nH]1. The third-order valence-electron chi connectivity index (χ3n) is 2.87. The first-order valence-electron chi connectivity index (χ1n) is 6.62. The molecule has 0 spiro atoms. The van der Waals surface area contributed by atoms with Gasteiger partial charge in [0, 0.05) is 31.5 Å². The Morgan fingerprint density at radius 3 is 2.76 bits per heavy atom. The Kier molecular flexibility index (Phi) is 4.65. The average molecular weight is 288 g/mol. The van der Waals surface area contributed by atoms with Crippen molar-refractivity contribution in [1.29, 1.82) is 0 Å². The van der Waals surface area contributed by atoms with Crippen molar-refractivity contribution >= 4 is 5.91 Å². The molecule has 0 aliphatic rings. The molecule has 0 radical (unpaired) electrons. The summed E-state index contributed by atoms with van der Waals surface area (Å²) in [4.78, 5) is 45.0. The first kappa shape index (κ1) is 14.7. The third-order valence-corrected chi connectivity index (χ3v) is 2.87. The summed E-state index contributed by atoms with van der Waals surface area (Å²) < 4.78 is 0. The van der Waals surface area contributed by atoms with Crippen molar-refractivity contribution in [1.82, 2.24) is 19.9 Å². The number of aromatic amines is 2. The van der Waals surface area contributed by atoms with Crippen LogP contribution in [0.5, 0.6) is 0 Å². The van der Waals surface area contributed by atoms with E-state index in [1.54, 1.807) is 23.4 Å². The van der Waals surface area contributed by atoms with E-state index in [-0.39, 0.29) is 11.6 Å². The summed E-state index contributed by atoms with van der Waals surface area (Å²) in [5.74, 6) is -0.385. The molecule has 2 rings (SSSR count). The van der Waals surface area contributed by atoms with Crippen LogP contribution < -0.4 is 11.2 Å². The fraction of sp³-hybridized carbons (Fsp3) is 0.286. The first-order chi connectivity index (χ1) is 10.1. The monoisotopic (exact) mass is 288 g/mol. The van der Waals surface area contributed by atoms with Gasteiger partial charge in [-0.2, -0.15) is 0 Å². The van der Waals surface area contributed by atoms with Crippen LogP contribution in [-0.2, 0) is 6.54 Å². The number of pyridine rings is 1. The first-order valence-corrected chi connectivity index (χ1v) is 6.62. The lowest BCUT2D eigenvalue weighted by Gasteiger charge is -2.21. The maximum absolute atomic E-state index is 12.4. The Hall–Kier alpha value is -2.70. The summed E-state index contributed by atoms with van der Waals surface area (Å²) in [6.45, 7) is 2.84. The van der Waals surface area contributed by atoms with Crippen molar-refractivity contribution in [3.05, 3.63) is 62.7 Å². The van der Waals surface area contributed by atoms with Gasteiger partial charge in [-0.3, -0.25) is 19.6 Å². The van der Waals surface area contributed by atoms with Gasteiger partial charge in [0.05, 0.1) is 0 Å². The van der Waals surface area contributed by atoms with Crippen LogP contribution >= 0.6 is 0 Å². The second-order valence-electron chi connectivity index (χ2n) is 4.59. The van der Waals surface area contributed by atoms with Gasteiger partial charge in [0.2, 0.25) is 0 Å². The minimum absolute atomic E-state index is 0.0129. The van der Waals surface area contributed by atoms with Gasteiger partial charge in [0.1, 0.15) is 5.69 Å². The maximum Gasteiger partial charge on any atom is 0.326 e. The van der Waals surface area contributed by atoms with E-state index < -0.39 is 11.2 Å². The highest BCUT2D eigenvalue weighted by molar-refractivity contribution is 5.92. The molecule has 7 nitrogen and oxygen atoms in total. The molecular formula is C14H16N4O3. The van der Waals surface area contributed by atoms with Gasteiger partial charge in [-0.1, -0.05) is 13.0 Å². The van der Waals surface area contributed by atoms with E-state index in [1.807, 2.05) is 18.0 Å². The molecular weight excluding hydrogens is 272 g/mol. The number of carbonyl (C=O) groups excluding carboxylic acids is 1. The number of hydrogen-bond donors (Lipinski definition) is 2. The lowest BCUT2D eigenvalue weighted by Crippen LogP contribution is -2.35. The summed E-state index contributed by atoms with van der Waals surface area (Å²) in [7, 11) is 0. The highest BCUT2D eigenvalue weighted by atomic mass is 16.2. The van der Waals surface area contributed by atoms with Crippen LogP contribution in [0.2, 0.25) is 0 Å². The zero-order chi connectivity index (χ0) is 15.2. The van der Waals surface area contributed by atoms with E-state index in [0.717, 1.165) is 18.1 Å². The molecule has 0 aromatic carbocycles. The minimum Gasteiger partial charge on any atom is -0.333 e. The van der Waals surface area contributed by atoms with E-state index in [2.05, 4.69) is 9.97 Å². The molecule has 110 valence electrons. The van der Waals surface area contributed by atoms with Crippen LogP contribution in [0.15, 0.2) is 40.2 Å². The second-order valence-corrected chi connectivity index (χ2v) is 4.59. The highest BCUT2D eigenvalue weighted by Gasteiger charge is 2.17. The zero-order valence-corrected chi connectivity index (χ0v) is 11.6. The second kappa shape index (κ2) is 6.65. The molecule has 0 aliphatic carbocycles. The molecule has 7 heteroatoms. The molecule has 0 bridgehead atoms.